The maximum Gasteiger partial charge on any atom is 0.319 e. The largest absolute Gasteiger partial charge is 0.468 e. The smallest absolute Gasteiger partial charge is 0.319 e. The minimum atomic E-state index is -0.282. The SMILES string of the molecule is CCCN(CC(=O)OC)C1CCCCNC1=O. The van der Waals surface area contributed by atoms with Crippen LogP contribution >= 0.6 is 0 Å². The van der Waals surface area contributed by atoms with Crippen molar-refractivity contribution >= 4 is 11.9 Å². The second kappa shape index (κ2) is 7.27. The number of methoxy groups -OCH3 is 1. The van der Waals surface area contributed by atoms with Crippen molar-refractivity contribution in [3.8, 4) is 0 Å². The molecule has 5 nitrogen and oxygen atoms in total. The van der Waals surface area contributed by atoms with Gasteiger partial charge in [0, 0.05) is 6.54 Å². The molecule has 1 aliphatic rings. The van der Waals surface area contributed by atoms with Gasteiger partial charge in [-0.3, -0.25) is 14.5 Å². The molecule has 0 saturated carbocycles. The quantitative estimate of drug-likeness (QED) is 0.715. The van der Waals surface area contributed by atoms with Crippen LogP contribution in [0.25, 0.3) is 0 Å². The van der Waals surface area contributed by atoms with E-state index < -0.39 is 0 Å². The molecule has 0 radical (unpaired) electrons. The number of nitrogens with zero attached hydrogens (tertiary/aromatic N) is 1. The van der Waals surface area contributed by atoms with E-state index in [-0.39, 0.29) is 24.5 Å². The van der Waals surface area contributed by atoms with Crippen LogP contribution in [0.5, 0.6) is 0 Å². The van der Waals surface area contributed by atoms with Crippen molar-refractivity contribution < 1.29 is 14.3 Å². The Labute approximate surface area is 102 Å². The fourth-order valence-electron chi connectivity index (χ4n) is 2.13. The minimum Gasteiger partial charge on any atom is -0.468 e. The summed E-state index contributed by atoms with van der Waals surface area (Å²) >= 11 is 0. The third-order valence-electron chi connectivity index (χ3n) is 3.02. The number of carbonyl (C=O) groups excluding carboxylic acids is 2. The van der Waals surface area contributed by atoms with Crippen LogP contribution in [-0.2, 0) is 14.3 Å². The van der Waals surface area contributed by atoms with Crippen LogP contribution in [0.3, 0.4) is 0 Å². The van der Waals surface area contributed by atoms with E-state index in [0.29, 0.717) is 0 Å². The second-order valence-electron chi connectivity index (χ2n) is 4.35. The van der Waals surface area contributed by atoms with Gasteiger partial charge in [-0.25, -0.2) is 0 Å². The van der Waals surface area contributed by atoms with E-state index in [1.807, 2.05) is 11.8 Å². The van der Waals surface area contributed by atoms with Crippen molar-refractivity contribution in [2.24, 2.45) is 0 Å². The lowest BCUT2D eigenvalue weighted by molar-refractivity contribution is -0.143. The van der Waals surface area contributed by atoms with Gasteiger partial charge in [0.2, 0.25) is 5.91 Å². The predicted molar refractivity (Wildman–Crippen MR) is 64.5 cm³/mol. The molecule has 1 heterocycles. The summed E-state index contributed by atoms with van der Waals surface area (Å²) in [6.07, 6.45) is 3.77. The van der Waals surface area contributed by atoms with Crippen LogP contribution in [0.1, 0.15) is 32.6 Å². The monoisotopic (exact) mass is 242 g/mol. The van der Waals surface area contributed by atoms with Gasteiger partial charge in [-0.2, -0.15) is 0 Å². The second-order valence-corrected chi connectivity index (χ2v) is 4.35. The van der Waals surface area contributed by atoms with E-state index in [4.69, 9.17) is 0 Å². The van der Waals surface area contributed by atoms with Crippen LogP contribution < -0.4 is 5.32 Å². The van der Waals surface area contributed by atoms with Crippen molar-refractivity contribution in [1.29, 1.82) is 0 Å². The van der Waals surface area contributed by atoms with Crippen molar-refractivity contribution in [3.05, 3.63) is 0 Å². The van der Waals surface area contributed by atoms with Gasteiger partial charge in [0.05, 0.1) is 19.7 Å². The Kier molecular flexibility index (Phi) is 5.97. The van der Waals surface area contributed by atoms with Gasteiger partial charge in [-0.15, -0.1) is 0 Å². The minimum absolute atomic E-state index is 0.0415. The summed E-state index contributed by atoms with van der Waals surface area (Å²) in [6.45, 7) is 3.72. The Morgan fingerprint density at radius 2 is 2.29 bits per heavy atom. The number of ether oxygens (including phenoxy) is 1. The van der Waals surface area contributed by atoms with Gasteiger partial charge in [-0.05, 0) is 32.2 Å². The highest BCUT2D eigenvalue weighted by molar-refractivity contribution is 5.82. The van der Waals surface area contributed by atoms with E-state index in [2.05, 4.69) is 10.1 Å². The molecule has 1 aliphatic heterocycles. The van der Waals surface area contributed by atoms with Crippen molar-refractivity contribution in [2.75, 3.05) is 26.7 Å². The number of hydrogen-bond acceptors (Lipinski definition) is 4. The molecule has 0 aromatic rings. The Morgan fingerprint density at radius 1 is 1.53 bits per heavy atom. The molecule has 0 aromatic heterocycles. The van der Waals surface area contributed by atoms with Gasteiger partial charge in [0.15, 0.2) is 0 Å². The number of nitrogens with one attached hydrogen (secondary N) is 1. The normalized spacial score (nSPS) is 20.9. The lowest BCUT2D eigenvalue weighted by Gasteiger charge is -2.28. The van der Waals surface area contributed by atoms with Crippen LogP contribution in [-0.4, -0.2) is 49.6 Å². The Hall–Kier alpha value is -1.10. The highest BCUT2D eigenvalue weighted by Gasteiger charge is 2.28. The molecule has 0 spiro atoms. The third-order valence-corrected chi connectivity index (χ3v) is 3.02. The molecular weight excluding hydrogens is 220 g/mol. The van der Waals surface area contributed by atoms with E-state index in [0.717, 1.165) is 38.8 Å². The zero-order valence-electron chi connectivity index (χ0n) is 10.7. The summed E-state index contributed by atoms with van der Waals surface area (Å²) in [7, 11) is 1.37. The van der Waals surface area contributed by atoms with Gasteiger partial charge in [0.25, 0.3) is 0 Å². The molecule has 1 amide bonds. The summed E-state index contributed by atoms with van der Waals surface area (Å²) < 4.78 is 4.67. The average molecular weight is 242 g/mol. The summed E-state index contributed by atoms with van der Waals surface area (Å²) in [5.41, 5.74) is 0. The van der Waals surface area contributed by atoms with Crippen molar-refractivity contribution in [3.63, 3.8) is 0 Å². The fourth-order valence-corrected chi connectivity index (χ4v) is 2.13. The zero-order chi connectivity index (χ0) is 12.7. The van der Waals surface area contributed by atoms with E-state index in [9.17, 15) is 9.59 Å². The molecule has 1 unspecified atom stereocenters. The lowest BCUT2D eigenvalue weighted by Crippen LogP contribution is -2.48. The number of rotatable bonds is 5. The molecule has 1 rings (SSSR count). The van der Waals surface area contributed by atoms with Crippen LogP contribution in [0.4, 0.5) is 0 Å². The molecule has 0 aliphatic carbocycles. The summed E-state index contributed by atoms with van der Waals surface area (Å²) in [6, 6.07) is -0.184. The Morgan fingerprint density at radius 3 is 2.94 bits per heavy atom. The topological polar surface area (TPSA) is 58.6 Å². The first kappa shape index (κ1) is 14.0. The summed E-state index contributed by atoms with van der Waals surface area (Å²) in [5, 5.41) is 2.89. The highest BCUT2D eigenvalue weighted by Crippen LogP contribution is 2.13. The molecule has 1 atom stereocenters. The van der Waals surface area contributed by atoms with Crippen LogP contribution in [0, 0.1) is 0 Å². The van der Waals surface area contributed by atoms with Gasteiger partial charge < -0.3 is 10.1 Å². The Balaban J connectivity index is 2.65. The number of hydrogen-bond donors (Lipinski definition) is 1. The first-order valence-corrected chi connectivity index (χ1v) is 6.27. The Bertz CT molecular complexity index is 268. The molecule has 98 valence electrons. The van der Waals surface area contributed by atoms with Crippen LogP contribution in [0.2, 0.25) is 0 Å². The van der Waals surface area contributed by atoms with Crippen LogP contribution in [0.15, 0.2) is 0 Å². The summed E-state index contributed by atoms with van der Waals surface area (Å²) in [4.78, 5) is 25.2. The maximum atomic E-state index is 11.9. The fraction of sp³-hybridized carbons (Fsp3) is 0.833. The number of esters is 1. The molecule has 0 bridgehead atoms. The maximum absolute atomic E-state index is 11.9. The van der Waals surface area contributed by atoms with E-state index in [1.165, 1.54) is 7.11 Å². The molecular formula is C12H22N2O3. The molecule has 0 aromatic carbocycles. The van der Waals surface area contributed by atoms with Gasteiger partial charge in [0.1, 0.15) is 0 Å². The molecule has 1 fully saturated rings. The summed E-state index contributed by atoms with van der Waals surface area (Å²) in [5.74, 6) is -0.240. The first-order valence-electron chi connectivity index (χ1n) is 6.27. The van der Waals surface area contributed by atoms with Gasteiger partial charge in [-0.1, -0.05) is 6.92 Å². The lowest BCUT2D eigenvalue weighted by atomic mass is 10.1. The first-order chi connectivity index (χ1) is 8.19. The van der Waals surface area contributed by atoms with Crippen molar-refractivity contribution in [2.45, 2.75) is 38.6 Å². The zero-order valence-corrected chi connectivity index (χ0v) is 10.7. The van der Waals surface area contributed by atoms with E-state index >= 15 is 0 Å². The molecule has 5 heteroatoms. The molecule has 1 N–H and O–H groups in total. The predicted octanol–water partition coefficient (Wildman–Crippen LogP) is 0.540. The number of amides is 1. The third kappa shape index (κ3) is 4.34. The van der Waals surface area contributed by atoms with E-state index in [1.54, 1.807) is 0 Å². The standard InChI is InChI=1S/C12H22N2O3/c1-3-8-14(9-11(15)17-2)10-6-4-5-7-13-12(10)16/h10H,3-9H2,1-2H3,(H,13,16). The molecule has 17 heavy (non-hydrogen) atoms. The highest BCUT2D eigenvalue weighted by atomic mass is 16.5. The average Bonchev–Trinajstić information content (AvgIpc) is 2.53. The molecule has 1 saturated heterocycles. The van der Waals surface area contributed by atoms with Gasteiger partial charge >= 0.3 is 5.97 Å². The van der Waals surface area contributed by atoms with Crippen molar-refractivity contribution in [1.82, 2.24) is 10.2 Å². The number of carbonyl (C=O) groups is 2.